The number of piperazine rings is 1. The highest BCUT2D eigenvalue weighted by molar-refractivity contribution is 5.80. The molecule has 6 nitrogen and oxygen atoms in total. The summed E-state index contributed by atoms with van der Waals surface area (Å²) in [7, 11) is 1.56. The molecule has 27 heavy (non-hydrogen) atoms. The zero-order valence-corrected chi connectivity index (χ0v) is 15.1. The van der Waals surface area contributed by atoms with Gasteiger partial charge in [0.15, 0.2) is 0 Å². The SMILES string of the molecule is COc1cccc(CC(=O)N2CCN(C(=O)CCOCC(F)(F)F)CC2)c1. The van der Waals surface area contributed by atoms with Crippen LogP contribution in [0.25, 0.3) is 0 Å². The van der Waals surface area contributed by atoms with Gasteiger partial charge in [-0.15, -0.1) is 0 Å². The van der Waals surface area contributed by atoms with Crippen molar-refractivity contribution in [3.05, 3.63) is 29.8 Å². The lowest BCUT2D eigenvalue weighted by molar-refractivity contribution is -0.175. The van der Waals surface area contributed by atoms with Crippen molar-refractivity contribution < 1.29 is 32.2 Å². The number of methoxy groups -OCH3 is 1. The van der Waals surface area contributed by atoms with Crippen LogP contribution in [0.15, 0.2) is 24.3 Å². The highest BCUT2D eigenvalue weighted by Gasteiger charge is 2.28. The lowest BCUT2D eigenvalue weighted by Gasteiger charge is -2.35. The molecule has 1 fully saturated rings. The highest BCUT2D eigenvalue weighted by Crippen LogP contribution is 2.16. The van der Waals surface area contributed by atoms with Crippen molar-refractivity contribution in [2.75, 3.05) is 46.5 Å². The molecule has 0 bridgehead atoms. The minimum atomic E-state index is -4.39. The molecule has 9 heteroatoms. The van der Waals surface area contributed by atoms with Gasteiger partial charge < -0.3 is 19.3 Å². The maximum absolute atomic E-state index is 12.4. The molecule has 0 aromatic heterocycles. The molecule has 1 aliphatic heterocycles. The molecular formula is C18H23F3N2O4. The van der Waals surface area contributed by atoms with E-state index >= 15 is 0 Å². The van der Waals surface area contributed by atoms with Gasteiger partial charge in [-0.05, 0) is 17.7 Å². The fourth-order valence-corrected chi connectivity index (χ4v) is 2.78. The molecule has 2 rings (SSSR count). The van der Waals surface area contributed by atoms with Crippen molar-refractivity contribution in [1.29, 1.82) is 0 Å². The maximum Gasteiger partial charge on any atom is 0.411 e. The van der Waals surface area contributed by atoms with E-state index in [1.54, 1.807) is 29.0 Å². The van der Waals surface area contributed by atoms with Gasteiger partial charge >= 0.3 is 6.18 Å². The second kappa shape index (κ2) is 9.59. The average molecular weight is 388 g/mol. The van der Waals surface area contributed by atoms with Crippen LogP contribution in [0.1, 0.15) is 12.0 Å². The first-order valence-electron chi connectivity index (χ1n) is 8.61. The third kappa shape index (κ3) is 7.09. The Morgan fingerprint density at radius 2 is 1.70 bits per heavy atom. The molecule has 0 radical (unpaired) electrons. The van der Waals surface area contributed by atoms with Crippen molar-refractivity contribution in [2.24, 2.45) is 0 Å². The topological polar surface area (TPSA) is 59.1 Å². The quantitative estimate of drug-likeness (QED) is 0.670. The molecule has 2 amide bonds. The zero-order valence-electron chi connectivity index (χ0n) is 15.1. The van der Waals surface area contributed by atoms with Crippen LogP contribution < -0.4 is 4.74 Å². The van der Waals surface area contributed by atoms with Crippen LogP contribution in [-0.4, -0.2) is 74.3 Å². The molecule has 1 saturated heterocycles. The fraction of sp³-hybridized carbons (Fsp3) is 0.556. The second-order valence-electron chi connectivity index (χ2n) is 6.21. The third-order valence-corrected chi connectivity index (χ3v) is 4.20. The lowest BCUT2D eigenvalue weighted by atomic mass is 10.1. The Labute approximate surface area is 155 Å². The van der Waals surface area contributed by atoms with Crippen molar-refractivity contribution in [3.63, 3.8) is 0 Å². The van der Waals surface area contributed by atoms with Crippen molar-refractivity contribution in [1.82, 2.24) is 9.80 Å². The molecule has 1 heterocycles. The van der Waals surface area contributed by atoms with Crippen molar-refractivity contribution in [3.8, 4) is 5.75 Å². The number of amides is 2. The highest BCUT2D eigenvalue weighted by atomic mass is 19.4. The molecule has 0 unspecified atom stereocenters. The third-order valence-electron chi connectivity index (χ3n) is 4.20. The fourth-order valence-electron chi connectivity index (χ4n) is 2.78. The number of benzene rings is 1. The summed E-state index contributed by atoms with van der Waals surface area (Å²) in [5.74, 6) is 0.379. The van der Waals surface area contributed by atoms with E-state index in [-0.39, 0.29) is 31.3 Å². The minimum Gasteiger partial charge on any atom is -0.497 e. The number of hydrogen-bond acceptors (Lipinski definition) is 4. The number of rotatable bonds is 7. The first kappa shape index (κ1) is 21.0. The summed E-state index contributed by atoms with van der Waals surface area (Å²) in [4.78, 5) is 27.6. The summed E-state index contributed by atoms with van der Waals surface area (Å²) in [6.45, 7) is -0.0973. The average Bonchev–Trinajstić information content (AvgIpc) is 2.64. The molecule has 1 aromatic carbocycles. The van der Waals surface area contributed by atoms with Gasteiger partial charge in [0.2, 0.25) is 11.8 Å². The van der Waals surface area contributed by atoms with E-state index in [0.29, 0.717) is 31.9 Å². The van der Waals surface area contributed by atoms with Crippen LogP contribution in [0.3, 0.4) is 0 Å². The number of alkyl halides is 3. The Morgan fingerprint density at radius 1 is 1.07 bits per heavy atom. The first-order valence-corrected chi connectivity index (χ1v) is 8.61. The number of nitrogens with zero attached hydrogens (tertiary/aromatic N) is 2. The van der Waals surface area contributed by atoms with Crippen LogP contribution in [0.2, 0.25) is 0 Å². The lowest BCUT2D eigenvalue weighted by Crippen LogP contribution is -2.51. The maximum atomic E-state index is 12.4. The Bertz CT molecular complexity index is 644. The van der Waals surface area contributed by atoms with Crippen molar-refractivity contribution >= 4 is 11.8 Å². The Kier molecular flexibility index (Phi) is 7.46. The monoisotopic (exact) mass is 388 g/mol. The smallest absolute Gasteiger partial charge is 0.411 e. The van der Waals surface area contributed by atoms with Crippen LogP contribution >= 0.6 is 0 Å². The Morgan fingerprint density at radius 3 is 2.30 bits per heavy atom. The van der Waals surface area contributed by atoms with Gasteiger partial charge in [0.1, 0.15) is 12.4 Å². The molecule has 1 aliphatic rings. The number of carbonyl (C=O) groups is 2. The molecule has 0 atom stereocenters. The van der Waals surface area contributed by atoms with E-state index in [4.69, 9.17) is 4.74 Å². The zero-order chi connectivity index (χ0) is 19.9. The molecular weight excluding hydrogens is 365 g/mol. The van der Waals surface area contributed by atoms with Gasteiger partial charge in [-0.1, -0.05) is 12.1 Å². The van der Waals surface area contributed by atoms with Crippen LogP contribution in [0.4, 0.5) is 13.2 Å². The summed E-state index contributed by atoms with van der Waals surface area (Å²) in [5, 5.41) is 0. The Balaban J connectivity index is 1.72. The Hall–Kier alpha value is -2.29. The van der Waals surface area contributed by atoms with E-state index in [2.05, 4.69) is 4.74 Å². The van der Waals surface area contributed by atoms with E-state index in [1.165, 1.54) is 0 Å². The van der Waals surface area contributed by atoms with Crippen LogP contribution in [-0.2, 0) is 20.7 Å². The van der Waals surface area contributed by atoms with Gasteiger partial charge in [0.25, 0.3) is 0 Å². The van der Waals surface area contributed by atoms with Gasteiger partial charge in [-0.25, -0.2) is 0 Å². The summed E-state index contributed by atoms with van der Waals surface area (Å²) in [6.07, 6.45) is -4.25. The van der Waals surface area contributed by atoms with Crippen molar-refractivity contribution in [2.45, 2.75) is 19.0 Å². The summed E-state index contributed by atoms with van der Waals surface area (Å²) >= 11 is 0. The van der Waals surface area contributed by atoms with Crippen LogP contribution in [0.5, 0.6) is 5.75 Å². The van der Waals surface area contributed by atoms with Gasteiger partial charge in [-0.3, -0.25) is 9.59 Å². The molecule has 0 aliphatic carbocycles. The summed E-state index contributed by atoms with van der Waals surface area (Å²) in [5.41, 5.74) is 0.847. The summed E-state index contributed by atoms with van der Waals surface area (Å²) in [6, 6.07) is 7.27. The number of hydrogen-bond donors (Lipinski definition) is 0. The van der Waals surface area contributed by atoms with Gasteiger partial charge in [0.05, 0.1) is 26.6 Å². The largest absolute Gasteiger partial charge is 0.497 e. The first-order chi connectivity index (χ1) is 12.8. The molecule has 0 saturated carbocycles. The molecule has 0 spiro atoms. The van der Waals surface area contributed by atoms with Gasteiger partial charge in [-0.2, -0.15) is 13.2 Å². The molecule has 1 aromatic rings. The number of halogens is 3. The molecule has 0 N–H and O–H groups in total. The summed E-state index contributed by atoms with van der Waals surface area (Å²) < 4.78 is 45.6. The predicted molar refractivity (Wildman–Crippen MR) is 91.3 cm³/mol. The standard InChI is InChI=1S/C18H23F3N2O4/c1-26-15-4-2-3-14(11-15)12-17(25)23-8-6-22(7-9-23)16(24)5-10-27-13-18(19,20)21/h2-4,11H,5-10,12-13H2,1H3. The number of carbonyl (C=O) groups excluding carboxylic acids is 2. The van der Waals surface area contributed by atoms with E-state index in [0.717, 1.165) is 5.56 Å². The minimum absolute atomic E-state index is 0.0381. The number of ether oxygens (including phenoxy) is 2. The second-order valence-corrected chi connectivity index (χ2v) is 6.21. The van der Waals surface area contributed by atoms with E-state index in [9.17, 15) is 22.8 Å². The molecule has 150 valence electrons. The van der Waals surface area contributed by atoms with E-state index in [1.807, 2.05) is 12.1 Å². The predicted octanol–water partition coefficient (Wildman–Crippen LogP) is 1.88. The van der Waals surface area contributed by atoms with Crippen LogP contribution in [0, 0.1) is 0 Å². The van der Waals surface area contributed by atoms with E-state index < -0.39 is 12.8 Å². The normalized spacial score (nSPS) is 15.0. The van der Waals surface area contributed by atoms with Gasteiger partial charge in [0, 0.05) is 26.2 Å².